The molecule has 1 aliphatic carbocycles. The fraction of sp³-hybridized carbons (Fsp3) is 0.600. The third-order valence-corrected chi connectivity index (χ3v) is 6.56. The standard InChI is InChI=1S/C17H24O3.C16H24.C2H4O/c1-5-8-9-10-13-17(18)20-15(4)19-14-16(11-6-2)12-7-3;1-3-9-15(10-4-1)11-5-2-6-12-16-13-7-8-14-16;1-2-3/h2-3,5,8,15-16H,9-14H2,1,4H3;1,3-4,9-10,16H,2,5-8,11-14H2;2H,1H3/b8-5-;;. The van der Waals surface area contributed by atoms with E-state index < -0.39 is 6.29 Å². The lowest BCUT2D eigenvalue weighted by atomic mass is 9.98. The second-order valence-corrected chi connectivity index (χ2v) is 10.0. The number of hydrogen-bond donors (Lipinski definition) is 0. The summed E-state index contributed by atoms with van der Waals surface area (Å²) in [6, 6.07) is 10.9. The molecular formula is C35H52O4. The van der Waals surface area contributed by atoms with Gasteiger partial charge in [-0.25, -0.2) is 0 Å². The molecule has 1 aromatic carbocycles. The minimum absolute atomic E-state index is 0.112. The number of allylic oxidation sites excluding steroid dienone is 2. The van der Waals surface area contributed by atoms with E-state index in [2.05, 4.69) is 42.2 Å². The Bertz CT molecular complexity index is 808. The van der Waals surface area contributed by atoms with Gasteiger partial charge in [0.2, 0.25) is 0 Å². The monoisotopic (exact) mass is 536 g/mol. The molecule has 0 radical (unpaired) electrons. The second-order valence-electron chi connectivity index (χ2n) is 10.0. The van der Waals surface area contributed by atoms with E-state index in [1.807, 2.05) is 19.1 Å². The number of benzene rings is 1. The number of ether oxygens (including phenoxy) is 2. The Morgan fingerprint density at radius 2 is 1.67 bits per heavy atom. The summed E-state index contributed by atoms with van der Waals surface area (Å²) in [5.41, 5.74) is 1.50. The van der Waals surface area contributed by atoms with Gasteiger partial charge < -0.3 is 14.3 Å². The maximum absolute atomic E-state index is 11.5. The average molecular weight is 537 g/mol. The molecule has 0 spiro atoms. The first-order valence-electron chi connectivity index (χ1n) is 14.7. The Hall–Kier alpha value is -2.82. The number of aldehydes is 1. The summed E-state index contributed by atoms with van der Waals surface area (Å²) in [6.07, 6.45) is 30.9. The van der Waals surface area contributed by atoms with Crippen LogP contribution < -0.4 is 0 Å². The number of rotatable bonds is 16. The first kappa shape index (κ1) is 36.2. The van der Waals surface area contributed by atoms with Crippen molar-refractivity contribution in [3.8, 4) is 24.7 Å². The van der Waals surface area contributed by atoms with E-state index >= 15 is 0 Å². The summed E-state index contributed by atoms with van der Waals surface area (Å²) in [6.45, 7) is 5.51. The van der Waals surface area contributed by atoms with E-state index in [1.165, 1.54) is 70.3 Å². The highest BCUT2D eigenvalue weighted by Crippen LogP contribution is 2.29. The van der Waals surface area contributed by atoms with Gasteiger partial charge in [-0.2, -0.15) is 0 Å². The smallest absolute Gasteiger partial charge is 0.308 e. The lowest BCUT2D eigenvalue weighted by molar-refractivity contribution is -0.177. The molecule has 0 N–H and O–H groups in total. The van der Waals surface area contributed by atoms with Crippen LogP contribution in [-0.4, -0.2) is 25.2 Å². The van der Waals surface area contributed by atoms with E-state index in [0.29, 0.717) is 25.9 Å². The maximum atomic E-state index is 11.5. The van der Waals surface area contributed by atoms with E-state index in [0.717, 1.165) is 25.0 Å². The van der Waals surface area contributed by atoms with E-state index in [-0.39, 0.29) is 11.9 Å². The first-order chi connectivity index (χ1) is 19.0. The van der Waals surface area contributed by atoms with Crippen LogP contribution in [0, 0.1) is 36.5 Å². The van der Waals surface area contributed by atoms with Gasteiger partial charge in [-0.15, -0.1) is 24.7 Å². The van der Waals surface area contributed by atoms with Crippen LogP contribution in [-0.2, 0) is 25.5 Å². The third-order valence-electron chi connectivity index (χ3n) is 6.56. The van der Waals surface area contributed by atoms with Crippen molar-refractivity contribution in [1.29, 1.82) is 0 Å². The number of carbonyl (C=O) groups is 2. The number of unbranched alkanes of at least 4 members (excludes halogenated alkanes) is 3. The van der Waals surface area contributed by atoms with Crippen molar-refractivity contribution >= 4 is 12.3 Å². The zero-order valence-corrected chi connectivity index (χ0v) is 24.7. The van der Waals surface area contributed by atoms with Crippen LogP contribution >= 0.6 is 0 Å². The van der Waals surface area contributed by atoms with Gasteiger partial charge in [-0.1, -0.05) is 87.4 Å². The van der Waals surface area contributed by atoms with Gasteiger partial charge in [0.1, 0.15) is 6.29 Å². The Morgan fingerprint density at radius 3 is 2.26 bits per heavy atom. The number of aryl methyl sites for hydroxylation is 1. The molecule has 1 unspecified atom stereocenters. The van der Waals surface area contributed by atoms with Crippen LogP contribution in [0.25, 0.3) is 0 Å². The molecule has 2 rings (SSSR count). The lowest BCUT2D eigenvalue weighted by Crippen LogP contribution is -2.21. The zero-order valence-electron chi connectivity index (χ0n) is 24.7. The molecule has 0 aliphatic heterocycles. The molecule has 1 aromatic rings. The topological polar surface area (TPSA) is 52.6 Å². The molecular weight excluding hydrogens is 484 g/mol. The van der Waals surface area contributed by atoms with E-state index in [4.69, 9.17) is 27.1 Å². The number of terminal acetylenes is 2. The van der Waals surface area contributed by atoms with Crippen molar-refractivity contribution in [2.75, 3.05) is 6.61 Å². The average Bonchev–Trinajstić information content (AvgIpc) is 3.45. The van der Waals surface area contributed by atoms with E-state index in [9.17, 15) is 4.79 Å². The van der Waals surface area contributed by atoms with Gasteiger partial charge in [0.15, 0.2) is 6.29 Å². The van der Waals surface area contributed by atoms with Gasteiger partial charge in [0, 0.05) is 25.2 Å². The third kappa shape index (κ3) is 22.8. The van der Waals surface area contributed by atoms with Crippen LogP contribution in [0.15, 0.2) is 42.5 Å². The Balaban J connectivity index is 0.000000682. The predicted molar refractivity (Wildman–Crippen MR) is 163 cm³/mol. The van der Waals surface area contributed by atoms with Gasteiger partial charge in [0.05, 0.1) is 6.61 Å². The lowest BCUT2D eigenvalue weighted by Gasteiger charge is -2.17. The quantitative estimate of drug-likeness (QED) is 0.0531. The first-order valence-corrected chi connectivity index (χ1v) is 14.7. The molecule has 4 nitrogen and oxygen atoms in total. The molecule has 0 amide bonds. The van der Waals surface area contributed by atoms with E-state index in [1.54, 1.807) is 6.92 Å². The molecule has 0 aromatic heterocycles. The van der Waals surface area contributed by atoms with Gasteiger partial charge in [-0.3, -0.25) is 4.79 Å². The fourth-order valence-electron chi connectivity index (χ4n) is 4.49. The molecule has 0 bridgehead atoms. The van der Waals surface area contributed by atoms with Crippen LogP contribution in [0.2, 0.25) is 0 Å². The summed E-state index contributed by atoms with van der Waals surface area (Å²) in [5.74, 6) is 6.08. The number of carbonyl (C=O) groups excluding carboxylic acids is 2. The Morgan fingerprint density at radius 1 is 1.03 bits per heavy atom. The Kier molecular flexibility index (Phi) is 24.8. The molecule has 1 fully saturated rings. The van der Waals surface area contributed by atoms with Gasteiger partial charge >= 0.3 is 5.97 Å². The zero-order chi connectivity index (χ0) is 29.0. The van der Waals surface area contributed by atoms with Crippen molar-refractivity contribution in [2.45, 2.75) is 117 Å². The van der Waals surface area contributed by atoms with Crippen molar-refractivity contribution < 1.29 is 19.1 Å². The van der Waals surface area contributed by atoms with Crippen molar-refractivity contribution in [3.05, 3.63) is 48.0 Å². The summed E-state index contributed by atoms with van der Waals surface area (Å²) in [4.78, 5) is 20.3. The summed E-state index contributed by atoms with van der Waals surface area (Å²) in [7, 11) is 0. The van der Waals surface area contributed by atoms with Crippen molar-refractivity contribution in [2.24, 2.45) is 11.8 Å². The summed E-state index contributed by atoms with van der Waals surface area (Å²) >= 11 is 0. The molecule has 216 valence electrons. The molecule has 0 saturated heterocycles. The molecule has 1 aliphatic rings. The SMILES string of the molecule is C#CCC(CC#C)COC(C)OC(=O)CCC/C=C\C.CC=O.c1ccc(CCCCCC2CCCC2)cc1. The van der Waals surface area contributed by atoms with Gasteiger partial charge in [0.25, 0.3) is 0 Å². The predicted octanol–water partition coefficient (Wildman–Crippen LogP) is 8.49. The minimum Gasteiger partial charge on any atom is -0.436 e. The largest absolute Gasteiger partial charge is 0.436 e. The highest BCUT2D eigenvalue weighted by Gasteiger charge is 2.14. The number of esters is 1. The van der Waals surface area contributed by atoms with Crippen LogP contribution in [0.5, 0.6) is 0 Å². The Labute approximate surface area is 239 Å². The van der Waals surface area contributed by atoms with Crippen molar-refractivity contribution in [3.63, 3.8) is 0 Å². The maximum Gasteiger partial charge on any atom is 0.308 e. The van der Waals surface area contributed by atoms with Crippen LogP contribution in [0.4, 0.5) is 0 Å². The summed E-state index contributed by atoms with van der Waals surface area (Å²) < 4.78 is 10.6. The number of hydrogen-bond acceptors (Lipinski definition) is 4. The highest BCUT2D eigenvalue weighted by molar-refractivity contribution is 5.69. The minimum atomic E-state index is -0.567. The van der Waals surface area contributed by atoms with Gasteiger partial charge in [-0.05, 0) is 57.9 Å². The highest BCUT2D eigenvalue weighted by atomic mass is 16.7. The molecule has 1 saturated carbocycles. The molecule has 1 atom stereocenters. The second kappa shape index (κ2) is 26.8. The molecule has 4 heteroatoms. The molecule has 0 heterocycles. The van der Waals surface area contributed by atoms with Crippen molar-refractivity contribution in [1.82, 2.24) is 0 Å². The fourth-order valence-corrected chi connectivity index (χ4v) is 4.49. The van der Waals surface area contributed by atoms with Crippen LogP contribution in [0.3, 0.4) is 0 Å². The van der Waals surface area contributed by atoms with Crippen LogP contribution in [0.1, 0.15) is 110 Å². The normalized spacial score (nSPS) is 13.4. The summed E-state index contributed by atoms with van der Waals surface area (Å²) in [5, 5.41) is 0. The molecule has 39 heavy (non-hydrogen) atoms.